The van der Waals surface area contributed by atoms with E-state index in [9.17, 15) is 13.9 Å². The first-order chi connectivity index (χ1) is 9.47. The van der Waals surface area contributed by atoms with Crippen molar-refractivity contribution >= 4 is 0 Å². The van der Waals surface area contributed by atoms with E-state index in [1.807, 2.05) is 26.0 Å². The summed E-state index contributed by atoms with van der Waals surface area (Å²) in [6, 6.07) is 8.60. The molecule has 2 N–H and O–H groups in total. The van der Waals surface area contributed by atoms with E-state index in [1.165, 1.54) is 6.07 Å². The Morgan fingerprint density at radius 3 is 2.60 bits per heavy atom. The van der Waals surface area contributed by atoms with Crippen LogP contribution in [0.3, 0.4) is 0 Å². The lowest BCUT2D eigenvalue weighted by Crippen LogP contribution is -2.19. The number of hydrogen-bond donors (Lipinski definition) is 2. The molecule has 0 amide bonds. The lowest BCUT2D eigenvalue weighted by Gasteiger charge is -2.16. The lowest BCUT2D eigenvalue weighted by molar-refractivity contribution is 0.450. The van der Waals surface area contributed by atoms with Crippen LogP contribution in [0.15, 0.2) is 36.4 Å². The zero-order chi connectivity index (χ0) is 14.7. The summed E-state index contributed by atoms with van der Waals surface area (Å²) in [6.07, 6.45) is 0. The number of hydrogen-bond acceptors (Lipinski definition) is 2. The van der Waals surface area contributed by atoms with Gasteiger partial charge in [0.25, 0.3) is 0 Å². The van der Waals surface area contributed by atoms with Gasteiger partial charge in [-0.3, -0.25) is 0 Å². The number of aromatic hydroxyl groups is 1. The van der Waals surface area contributed by atoms with E-state index in [-0.39, 0.29) is 23.9 Å². The number of rotatable bonds is 4. The third-order valence-corrected chi connectivity index (χ3v) is 3.26. The molecule has 0 fully saturated rings. The van der Waals surface area contributed by atoms with Crippen LogP contribution in [-0.4, -0.2) is 5.11 Å². The molecular formula is C16H17F2NO. The summed E-state index contributed by atoms with van der Waals surface area (Å²) >= 11 is 0. The molecule has 0 aromatic heterocycles. The molecule has 0 bridgehead atoms. The van der Waals surface area contributed by atoms with E-state index >= 15 is 0 Å². The summed E-state index contributed by atoms with van der Waals surface area (Å²) < 4.78 is 26.6. The highest BCUT2D eigenvalue weighted by atomic mass is 19.1. The highest BCUT2D eigenvalue weighted by Gasteiger charge is 2.11. The molecule has 0 aliphatic rings. The number of aryl methyl sites for hydroxylation is 1. The molecule has 20 heavy (non-hydrogen) atoms. The molecule has 0 saturated heterocycles. The van der Waals surface area contributed by atoms with Crippen molar-refractivity contribution in [2.75, 3.05) is 0 Å². The van der Waals surface area contributed by atoms with Gasteiger partial charge in [-0.25, -0.2) is 8.78 Å². The van der Waals surface area contributed by atoms with Crippen molar-refractivity contribution in [1.82, 2.24) is 5.32 Å². The van der Waals surface area contributed by atoms with E-state index in [0.29, 0.717) is 0 Å². The van der Waals surface area contributed by atoms with Gasteiger partial charge < -0.3 is 10.4 Å². The molecule has 2 aromatic carbocycles. The molecule has 0 saturated carbocycles. The Morgan fingerprint density at radius 2 is 1.90 bits per heavy atom. The smallest absolute Gasteiger partial charge is 0.127 e. The Bertz CT molecular complexity index is 613. The molecule has 2 nitrogen and oxygen atoms in total. The minimum absolute atomic E-state index is 0.168. The van der Waals surface area contributed by atoms with Crippen molar-refractivity contribution in [3.63, 3.8) is 0 Å². The molecule has 0 spiro atoms. The average molecular weight is 277 g/mol. The largest absolute Gasteiger partial charge is 0.508 e. The van der Waals surface area contributed by atoms with Gasteiger partial charge in [-0.1, -0.05) is 12.1 Å². The van der Waals surface area contributed by atoms with Gasteiger partial charge in [0.05, 0.1) is 0 Å². The van der Waals surface area contributed by atoms with Crippen LogP contribution >= 0.6 is 0 Å². The standard InChI is InChI=1S/C16H17F2NO/c1-10-3-5-14(16(20)7-10)11(2)19-9-12-8-13(17)4-6-15(12)18/h3-8,11,19-20H,9H2,1-2H3. The first-order valence-corrected chi connectivity index (χ1v) is 6.44. The zero-order valence-corrected chi connectivity index (χ0v) is 11.5. The van der Waals surface area contributed by atoms with E-state index in [4.69, 9.17) is 0 Å². The highest BCUT2D eigenvalue weighted by molar-refractivity contribution is 5.37. The van der Waals surface area contributed by atoms with Crippen LogP contribution in [0.1, 0.15) is 29.7 Å². The van der Waals surface area contributed by atoms with Gasteiger partial charge in [0.15, 0.2) is 0 Å². The summed E-state index contributed by atoms with van der Waals surface area (Å²) in [6.45, 7) is 3.95. The number of nitrogens with one attached hydrogen (secondary N) is 1. The van der Waals surface area contributed by atoms with Crippen molar-refractivity contribution in [2.45, 2.75) is 26.4 Å². The maximum absolute atomic E-state index is 13.5. The fourth-order valence-corrected chi connectivity index (χ4v) is 2.07. The molecular weight excluding hydrogens is 260 g/mol. The van der Waals surface area contributed by atoms with Crippen molar-refractivity contribution in [2.24, 2.45) is 0 Å². The molecule has 0 aliphatic carbocycles. The second-order valence-electron chi connectivity index (χ2n) is 4.90. The van der Waals surface area contributed by atoms with E-state index in [1.54, 1.807) is 6.07 Å². The second kappa shape index (κ2) is 6.01. The maximum Gasteiger partial charge on any atom is 0.127 e. The molecule has 1 atom stereocenters. The monoisotopic (exact) mass is 277 g/mol. The summed E-state index contributed by atoms with van der Waals surface area (Å²) in [5, 5.41) is 13.0. The Morgan fingerprint density at radius 1 is 1.15 bits per heavy atom. The summed E-state index contributed by atoms with van der Waals surface area (Å²) in [5.41, 5.74) is 1.96. The molecule has 0 radical (unpaired) electrons. The number of halogens is 2. The van der Waals surface area contributed by atoms with Gasteiger partial charge in [0.2, 0.25) is 0 Å². The van der Waals surface area contributed by atoms with Crippen LogP contribution in [0.2, 0.25) is 0 Å². The minimum atomic E-state index is -0.464. The summed E-state index contributed by atoms with van der Waals surface area (Å²) in [4.78, 5) is 0. The Hall–Kier alpha value is -1.94. The predicted molar refractivity (Wildman–Crippen MR) is 74.5 cm³/mol. The van der Waals surface area contributed by atoms with Crippen molar-refractivity contribution in [1.29, 1.82) is 0 Å². The molecule has 4 heteroatoms. The quantitative estimate of drug-likeness (QED) is 0.890. The fraction of sp³-hybridized carbons (Fsp3) is 0.250. The molecule has 0 aliphatic heterocycles. The average Bonchev–Trinajstić information content (AvgIpc) is 2.39. The van der Waals surface area contributed by atoms with E-state index in [2.05, 4.69) is 5.32 Å². The molecule has 1 unspecified atom stereocenters. The maximum atomic E-state index is 13.5. The van der Waals surface area contributed by atoms with Gasteiger partial charge in [0.1, 0.15) is 17.4 Å². The minimum Gasteiger partial charge on any atom is -0.508 e. The van der Waals surface area contributed by atoms with Crippen LogP contribution < -0.4 is 5.32 Å². The Balaban J connectivity index is 2.08. The van der Waals surface area contributed by atoms with Gasteiger partial charge >= 0.3 is 0 Å². The summed E-state index contributed by atoms with van der Waals surface area (Å²) in [7, 11) is 0. The highest BCUT2D eigenvalue weighted by Crippen LogP contribution is 2.25. The molecule has 106 valence electrons. The van der Waals surface area contributed by atoms with Crippen LogP contribution in [0, 0.1) is 18.6 Å². The number of phenols is 1. The first-order valence-electron chi connectivity index (χ1n) is 6.44. The van der Waals surface area contributed by atoms with Gasteiger partial charge in [-0.2, -0.15) is 0 Å². The van der Waals surface area contributed by atoms with E-state index in [0.717, 1.165) is 23.3 Å². The fourth-order valence-electron chi connectivity index (χ4n) is 2.07. The number of benzene rings is 2. The Labute approximate surface area is 117 Å². The zero-order valence-electron chi connectivity index (χ0n) is 11.5. The third-order valence-electron chi connectivity index (χ3n) is 3.26. The third kappa shape index (κ3) is 3.33. The van der Waals surface area contributed by atoms with Crippen LogP contribution in [0.5, 0.6) is 5.75 Å². The SMILES string of the molecule is Cc1ccc(C(C)NCc2cc(F)ccc2F)c(O)c1. The van der Waals surface area contributed by atoms with Gasteiger partial charge in [0, 0.05) is 23.7 Å². The molecule has 2 aromatic rings. The molecule has 0 heterocycles. The van der Waals surface area contributed by atoms with Crippen LogP contribution in [0.25, 0.3) is 0 Å². The van der Waals surface area contributed by atoms with Crippen molar-refractivity contribution in [3.8, 4) is 5.75 Å². The van der Waals surface area contributed by atoms with Gasteiger partial charge in [-0.15, -0.1) is 0 Å². The molecule has 2 rings (SSSR count). The van der Waals surface area contributed by atoms with Crippen molar-refractivity contribution in [3.05, 3.63) is 64.7 Å². The predicted octanol–water partition coefficient (Wildman–Crippen LogP) is 3.83. The van der Waals surface area contributed by atoms with Crippen molar-refractivity contribution < 1.29 is 13.9 Å². The van der Waals surface area contributed by atoms with Crippen LogP contribution in [0.4, 0.5) is 8.78 Å². The lowest BCUT2D eigenvalue weighted by atomic mass is 10.0. The topological polar surface area (TPSA) is 32.3 Å². The Kier molecular flexibility index (Phi) is 4.35. The van der Waals surface area contributed by atoms with E-state index < -0.39 is 11.6 Å². The second-order valence-corrected chi connectivity index (χ2v) is 4.90. The first kappa shape index (κ1) is 14.5. The van der Waals surface area contributed by atoms with Gasteiger partial charge in [-0.05, 0) is 43.7 Å². The number of phenolic OH excluding ortho intramolecular Hbond substituents is 1. The summed E-state index contributed by atoms with van der Waals surface area (Å²) in [5.74, 6) is -0.710. The van der Waals surface area contributed by atoms with Crippen LogP contribution in [-0.2, 0) is 6.54 Å². The normalized spacial score (nSPS) is 12.4.